The Morgan fingerprint density at radius 3 is 3.08 bits per heavy atom. The Morgan fingerprint density at radius 2 is 2.46 bits per heavy atom. The molecule has 3 N–H and O–H groups in total. The van der Waals surface area contributed by atoms with Gasteiger partial charge in [0.15, 0.2) is 0 Å². The van der Waals surface area contributed by atoms with Crippen molar-refractivity contribution in [2.45, 2.75) is 12.5 Å². The van der Waals surface area contributed by atoms with Gasteiger partial charge in [0.05, 0.1) is 0 Å². The van der Waals surface area contributed by atoms with E-state index in [2.05, 4.69) is 15.5 Å². The van der Waals surface area contributed by atoms with Crippen LogP contribution in [-0.2, 0) is 6.42 Å². The third-order valence-electron chi connectivity index (χ3n) is 2.12. The van der Waals surface area contributed by atoms with Crippen molar-refractivity contribution >= 4 is 11.8 Å². The number of hydrogen-bond donors (Lipinski definition) is 3. The van der Waals surface area contributed by atoms with Gasteiger partial charge in [-0.1, -0.05) is 0 Å². The van der Waals surface area contributed by atoms with Crippen LogP contribution in [-0.4, -0.2) is 34.3 Å². The number of nitrogens with one attached hydrogen (secondary N) is 3. The predicted octanol–water partition coefficient (Wildman–Crippen LogP) is -0.0495. The molecule has 0 amide bonds. The Bertz CT molecular complexity index is 313. The molecule has 0 aromatic carbocycles. The first-order valence-corrected chi connectivity index (χ1v) is 5.58. The van der Waals surface area contributed by atoms with Crippen LogP contribution < -0.4 is 10.9 Å². The summed E-state index contributed by atoms with van der Waals surface area (Å²) < 4.78 is 0. The molecule has 1 aliphatic rings. The molecule has 0 radical (unpaired) electrons. The topological polar surface area (TPSA) is 60.7 Å². The highest BCUT2D eigenvalue weighted by molar-refractivity contribution is 7.99. The maximum absolute atomic E-state index is 10.8. The first kappa shape index (κ1) is 8.90. The molecular weight excluding hydrogens is 186 g/mol. The molecule has 1 unspecified atom stereocenters. The summed E-state index contributed by atoms with van der Waals surface area (Å²) in [4.78, 5) is 10.8. The lowest BCUT2D eigenvalue weighted by Gasteiger charge is -2.22. The van der Waals surface area contributed by atoms with Gasteiger partial charge in [-0.3, -0.25) is 9.89 Å². The quantitative estimate of drug-likeness (QED) is 0.626. The van der Waals surface area contributed by atoms with E-state index in [9.17, 15) is 4.79 Å². The third-order valence-corrected chi connectivity index (χ3v) is 3.25. The molecule has 0 spiro atoms. The van der Waals surface area contributed by atoms with Crippen molar-refractivity contribution in [1.29, 1.82) is 0 Å². The molecule has 1 atom stereocenters. The summed E-state index contributed by atoms with van der Waals surface area (Å²) in [5, 5.41) is 8.83. The lowest BCUT2D eigenvalue weighted by molar-refractivity contribution is 0.557. The summed E-state index contributed by atoms with van der Waals surface area (Å²) in [5.74, 6) is 2.33. The number of hydrogen-bond acceptors (Lipinski definition) is 3. The van der Waals surface area contributed by atoms with Crippen molar-refractivity contribution in [2.24, 2.45) is 0 Å². The molecule has 1 aliphatic heterocycles. The molecule has 1 saturated heterocycles. The Morgan fingerprint density at radius 1 is 1.54 bits per heavy atom. The molecule has 1 fully saturated rings. The van der Waals surface area contributed by atoms with Gasteiger partial charge in [-0.2, -0.15) is 11.8 Å². The lowest BCUT2D eigenvalue weighted by Crippen LogP contribution is -2.38. The van der Waals surface area contributed by atoms with E-state index in [1.807, 2.05) is 11.8 Å². The molecule has 0 aliphatic carbocycles. The van der Waals surface area contributed by atoms with E-state index in [0.29, 0.717) is 6.04 Å². The van der Waals surface area contributed by atoms with Crippen LogP contribution in [0, 0.1) is 0 Å². The minimum absolute atomic E-state index is 0.0431. The second-order valence-corrected chi connectivity index (χ2v) is 4.36. The lowest BCUT2D eigenvalue weighted by atomic mass is 10.2. The van der Waals surface area contributed by atoms with Gasteiger partial charge in [0.2, 0.25) is 0 Å². The number of aromatic amines is 2. The maximum atomic E-state index is 10.8. The molecule has 4 nitrogen and oxygen atoms in total. The molecule has 1 aromatic heterocycles. The summed E-state index contributed by atoms with van der Waals surface area (Å²) in [6, 6.07) is 2.13. The predicted molar refractivity (Wildman–Crippen MR) is 54.2 cm³/mol. The second kappa shape index (κ2) is 4.02. The monoisotopic (exact) mass is 199 g/mol. The molecular formula is C8H13N3OS. The largest absolute Gasteiger partial charge is 0.312 e. The van der Waals surface area contributed by atoms with Gasteiger partial charge in [-0.15, -0.1) is 0 Å². The van der Waals surface area contributed by atoms with Gasteiger partial charge in [0.1, 0.15) is 0 Å². The van der Waals surface area contributed by atoms with Crippen LogP contribution in [0.4, 0.5) is 0 Å². The summed E-state index contributed by atoms with van der Waals surface area (Å²) in [5.41, 5.74) is 0.948. The van der Waals surface area contributed by atoms with Crippen LogP contribution in [0.3, 0.4) is 0 Å². The highest BCUT2D eigenvalue weighted by Crippen LogP contribution is 2.10. The zero-order valence-corrected chi connectivity index (χ0v) is 8.12. The smallest absolute Gasteiger partial charge is 0.264 e. The molecule has 5 heteroatoms. The van der Waals surface area contributed by atoms with E-state index in [-0.39, 0.29) is 5.56 Å². The van der Waals surface area contributed by atoms with Crippen molar-refractivity contribution in [2.75, 3.05) is 18.1 Å². The van der Waals surface area contributed by atoms with Crippen LogP contribution in [0.5, 0.6) is 0 Å². The maximum Gasteiger partial charge on any atom is 0.264 e. The molecule has 0 bridgehead atoms. The third kappa shape index (κ3) is 2.38. The number of rotatable bonds is 2. The molecule has 2 heterocycles. The van der Waals surface area contributed by atoms with E-state index >= 15 is 0 Å². The van der Waals surface area contributed by atoms with Crippen molar-refractivity contribution in [3.8, 4) is 0 Å². The highest BCUT2D eigenvalue weighted by atomic mass is 32.2. The Hall–Kier alpha value is -0.680. The van der Waals surface area contributed by atoms with Gasteiger partial charge in [-0.05, 0) is 0 Å². The summed E-state index contributed by atoms with van der Waals surface area (Å²) >= 11 is 1.96. The molecule has 2 rings (SSSR count). The van der Waals surface area contributed by atoms with Crippen LogP contribution >= 0.6 is 11.8 Å². The van der Waals surface area contributed by atoms with Crippen molar-refractivity contribution in [3.05, 3.63) is 22.1 Å². The van der Waals surface area contributed by atoms with Crippen LogP contribution in [0.2, 0.25) is 0 Å². The molecule has 1 aromatic rings. The fourth-order valence-corrected chi connectivity index (χ4v) is 2.45. The van der Waals surface area contributed by atoms with Gasteiger partial charge in [0.25, 0.3) is 5.56 Å². The van der Waals surface area contributed by atoms with Crippen LogP contribution in [0.25, 0.3) is 0 Å². The van der Waals surface area contributed by atoms with E-state index in [4.69, 9.17) is 0 Å². The SMILES string of the molecule is O=c1cc(CC2CSCCN2)[nH][nH]1. The van der Waals surface area contributed by atoms with Crippen molar-refractivity contribution in [3.63, 3.8) is 0 Å². The van der Waals surface area contributed by atoms with E-state index < -0.39 is 0 Å². The zero-order chi connectivity index (χ0) is 9.10. The van der Waals surface area contributed by atoms with E-state index in [0.717, 1.165) is 24.4 Å². The normalized spacial score (nSPS) is 23.2. The minimum atomic E-state index is -0.0431. The van der Waals surface area contributed by atoms with Crippen LogP contribution in [0.15, 0.2) is 10.9 Å². The fraction of sp³-hybridized carbons (Fsp3) is 0.625. The Kier molecular flexibility index (Phi) is 2.75. The van der Waals surface area contributed by atoms with Crippen molar-refractivity contribution in [1.82, 2.24) is 15.5 Å². The van der Waals surface area contributed by atoms with Gasteiger partial charge < -0.3 is 10.4 Å². The zero-order valence-electron chi connectivity index (χ0n) is 7.30. The standard InChI is InChI=1S/C8H13N3OS/c12-8-4-6(10-11-8)3-7-5-13-2-1-9-7/h4,7,9H,1-3,5H2,(H2,10,11,12). The summed E-state index contributed by atoms with van der Waals surface area (Å²) in [6.07, 6.45) is 0.908. The van der Waals surface area contributed by atoms with Crippen LogP contribution in [0.1, 0.15) is 5.69 Å². The number of aromatic nitrogens is 2. The highest BCUT2D eigenvalue weighted by Gasteiger charge is 2.13. The van der Waals surface area contributed by atoms with E-state index in [1.165, 1.54) is 5.75 Å². The van der Waals surface area contributed by atoms with Gasteiger partial charge in [0, 0.05) is 42.3 Å². The molecule has 13 heavy (non-hydrogen) atoms. The average molecular weight is 199 g/mol. The molecule has 72 valence electrons. The van der Waals surface area contributed by atoms with Gasteiger partial charge >= 0.3 is 0 Å². The van der Waals surface area contributed by atoms with Crippen molar-refractivity contribution < 1.29 is 0 Å². The van der Waals surface area contributed by atoms with Gasteiger partial charge in [-0.25, -0.2) is 0 Å². The molecule has 0 saturated carbocycles. The van der Waals surface area contributed by atoms with E-state index in [1.54, 1.807) is 6.07 Å². The first-order valence-electron chi connectivity index (χ1n) is 4.42. The first-order chi connectivity index (χ1) is 6.34. The Balaban J connectivity index is 1.93. The minimum Gasteiger partial charge on any atom is -0.312 e. The fourth-order valence-electron chi connectivity index (χ4n) is 1.50. The number of H-pyrrole nitrogens is 2. The average Bonchev–Trinajstić information content (AvgIpc) is 2.53. The second-order valence-electron chi connectivity index (χ2n) is 3.21. The Labute approximate surface area is 80.5 Å². The summed E-state index contributed by atoms with van der Waals surface area (Å²) in [7, 11) is 0. The number of thioether (sulfide) groups is 1. The summed E-state index contributed by atoms with van der Waals surface area (Å²) in [6.45, 7) is 1.07.